The summed E-state index contributed by atoms with van der Waals surface area (Å²) in [6.45, 7) is 0.695. The van der Waals surface area contributed by atoms with Gasteiger partial charge in [0.15, 0.2) is 0 Å². The van der Waals surface area contributed by atoms with E-state index in [1.54, 1.807) is 24.8 Å². The third kappa shape index (κ3) is 3.70. The number of ether oxygens (including phenoxy) is 1. The molecule has 1 aliphatic heterocycles. The van der Waals surface area contributed by atoms with E-state index in [4.69, 9.17) is 16.3 Å². The van der Waals surface area contributed by atoms with Crippen LogP contribution in [0.2, 0.25) is 5.02 Å². The smallest absolute Gasteiger partial charge is 0.137 e. The van der Waals surface area contributed by atoms with Crippen LogP contribution in [-0.4, -0.2) is 26.3 Å². The van der Waals surface area contributed by atoms with E-state index in [1.165, 1.54) is 12.1 Å². The number of nitrogens with zero attached hydrogens (tertiary/aromatic N) is 3. The summed E-state index contributed by atoms with van der Waals surface area (Å²) in [5, 5.41) is 4.89. The van der Waals surface area contributed by atoms with Crippen LogP contribution in [0.1, 0.15) is 5.56 Å². The minimum absolute atomic E-state index is 0.195. The molecule has 0 spiro atoms. The quantitative estimate of drug-likeness (QED) is 0.581. The van der Waals surface area contributed by atoms with Gasteiger partial charge in [-0.3, -0.25) is 4.68 Å². The van der Waals surface area contributed by atoms with E-state index in [0.717, 1.165) is 17.1 Å². The first-order valence-corrected chi connectivity index (χ1v) is 10.3. The lowest BCUT2D eigenvalue weighted by molar-refractivity contribution is 0.480. The number of rotatable bonds is 5. The van der Waals surface area contributed by atoms with Gasteiger partial charge in [-0.25, -0.2) is 9.37 Å². The predicted molar refractivity (Wildman–Crippen MR) is 105 cm³/mol. The average Bonchev–Trinajstić information content (AvgIpc) is 3.30. The van der Waals surface area contributed by atoms with E-state index in [2.05, 4.69) is 10.1 Å². The first-order valence-electron chi connectivity index (χ1n) is 7.98. The molecule has 0 unspecified atom stereocenters. The molecule has 1 aliphatic rings. The van der Waals surface area contributed by atoms with Gasteiger partial charge in [0.05, 0.1) is 6.54 Å². The Morgan fingerprint density at radius 1 is 1.12 bits per heavy atom. The maximum absolute atomic E-state index is 13.0. The van der Waals surface area contributed by atoms with Crippen LogP contribution in [0, 0.1) is 5.82 Å². The molecule has 26 heavy (non-hydrogen) atoms. The maximum atomic E-state index is 13.0. The molecule has 0 radical (unpaired) electrons. The average molecular weight is 408 g/mol. The van der Waals surface area contributed by atoms with Crippen molar-refractivity contribution in [2.75, 3.05) is 11.5 Å². The Labute approximate surface area is 164 Å². The molecule has 0 bridgehead atoms. The molecule has 4 nitrogen and oxygen atoms in total. The molecule has 8 heteroatoms. The summed E-state index contributed by atoms with van der Waals surface area (Å²) in [6.07, 6.45) is 3.26. The number of hydrogen-bond acceptors (Lipinski definition) is 5. The summed E-state index contributed by atoms with van der Waals surface area (Å²) in [5.41, 5.74) is 1.05. The highest BCUT2D eigenvalue weighted by molar-refractivity contribution is 8.20. The van der Waals surface area contributed by atoms with Crippen LogP contribution in [-0.2, 0) is 10.6 Å². The molecule has 3 aromatic rings. The summed E-state index contributed by atoms with van der Waals surface area (Å²) < 4.78 is 20.4. The van der Waals surface area contributed by atoms with Crippen molar-refractivity contribution < 1.29 is 9.13 Å². The Kier molecular flexibility index (Phi) is 5.11. The summed E-state index contributed by atoms with van der Waals surface area (Å²) >= 11 is 10.4. The first kappa shape index (κ1) is 17.7. The fraction of sp³-hybridized carbons (Fsp3) is 0.222. The minimum Gasteiger partial charge on any atom is -0.457 e. The Balaban J connectivity index is 1.60. The third-order valence-corrected chi connectivity index (χ3v) is 7.72. The second-order valence-corrected chi connectivity index (χ2v) is 9.19. The molecular weight excluding hydrogens is 393 g/mol. The number of aromatic nitrogens is 3. The zero-order valence-corrected chi connectivity index (χ0v) is 16.0. The maximum Gasteiger partial charge on any atom is 0.137 e. The molecule has 2 heterocycles. The molecule has 1 fully saturated rings. The van der Waals surface area contributed by atoms with Gasteiger partial charge in [0, 0.05) is 16.5 Å². The van der Waals surface area contributed by atoms with Crippen molar-refractivity contribution in [1.29, 1.82) is 0 Å². The second kappa shape index (κ2) is 7.50. The van der Waals surface area contributed by atoms with Crippen molar-refractivity contribution >= 4 is 35.1 Å². The van der Waals surface area contributed by atoms with Crippen molar-refractivity contribution in [3.8, 4) is 11.5 Å². The van der Waals surface area contributed by atoms with Crippen LogP contribution in [0.5, 0.6) is 11.5 Å². The van der Waals surface area contributed by atoms with Crippen molar-refractivity contribution in [2.24, 2.45) is 0 Å². The van der Waals surface area contributed by atoms with Crippen molar-refractivity contribution in [1.82, 2.24) is 14.8 Å². The van der Waals surface area contributed by atoms with E-state index in [-0.39, 0.29) is 9.90 Å². The summed E-state index contributed by atoms with van der Waals surface area (Å²) in [7, 11) is 0. The largest absolute Gasteiger partial charge is 0.457 e. The van der Waals surface area contributed by atoms with Crippen LogP contribution < -0.4 is 4.74 Å². The molecule has 4 rings (SSSR count). The molecule has 0 N–H and O–H groups in total. The Bertz CT molecular complexity index is 884. The third-order valence-electron chi connectivity index (χ3n) is 3.99. The number of benzene rings is 2. The van der Waals surface area contributed by atoms with E-state index in [9.17, 15) is 4.39 Å². The normalized spacial score (nSPS) is 15.9. The van der Waals surface area contributed by atoms with Gasteiger partial charge < -0.3 is 4.74 Å². The summed E-state index contributed by atoms with van der Waals surface area (Å²) in [6, 6.07) is 11.6. The Morgan fingerprint density at radius 3 is 2.50 bits per heavy atom. The van der Waals surface area contributed by atoms with Gasteiger partial charge in [-0.2, -0.15) is 5.10 Å². The van der Waals surface area contributed by atoms with Crippen LogP contribution in [0.3, 0.4) is 0 Å². The van der Waals surface area contributed by atoms with Crippen LogP contribution in [0.4, 0.5) is 4.39 Å². The highest BCUT2D eigenvalue weighted by Gasteiger charge is 2.40. The fourth-order valence-corrected chi connectivity index (χ4v) is 6.54. The minimum atomic E-state index is -0.295. The molecular formula is C18H15ClFN3OS2. The number of hydrogen-bond donors (Lipinski definition) is 0. The van der Waals surface area contributed by atoms with Gasteiger partial charge in [0.1, 0.15) is 34.0 Å². The number of thioether (sulfide) groups is 2. The molecule has 0 saturated carbocycles. The molecule has 0 amide bonds. The zero-order chi connectivity index (χ0) is 18.0. The van der Waals surface area contributed by atoms with E-state index < -0.39 is 0 Å². The molecule has 2 aromatic carbocycles. The van der Waals surface area contributed by atoms with Gasteiger partial charge in [0.2, 0.25) is 0 Å². The van der Waals surface area contributed by atoms with E-state index in [1.807, 2.05) is 46.4 Å². The Hall–Kier alpha value is -1.70. The molecule has 0 aliphatic carbocycles. The van der Waals surface area contributed by atoms with Gasteiger partial charge in [0.25, 0.3) is 0 Å². The zero-order valence-electron chi connectivity index (χ0n) is 13.6. The Morgan fingerprint density at radius 2 is 1.85 bits per heavy atom. The highest BCUT2D eigenvalue weighted by Crippen LogP contribution is 2.55. The van der Waals surface area contributed by atoms with Crippen molar-refractivity contribution in [3.05, 3.63) is 71.5 Å². The van der Waals surface area contributed by atoms with Crippen molar-refractivity contribution in [3.63, 3.8) is 0 Å². The summed E-state index contributed by atoms with van der Waals surface area (Å²) in [5.74, 6) is 3.01. The SMILES string of the molecule is Fc1ccc(Oc2ccc(C3(Cn4cncn4)SCCS3)c(Cl)c2)cc1. The fourth-order valence-electron chi connectivity index (χ4n) is 2.82. The monoisotopic (exact) mass is 407 g/mol. The van der Waals surface area contributed by atoms with Crippen LogP contribution in [0.25, 0.3) is 0 Å². The van der Waals surface area contributed by atoms with E-state index >= 15 is 0 Å². The summed E-state index contributed by atoms with van der Waals surface area (Å²) in [4.78, 5) is 4.03. The standard InChI is InChI=1S/C18H15ClFN3OS2/c19-17-9-15(24-14-3-1-13(20)2-4-14)5-6-16(17)18(25-7-8-26-18)10-23-12-21-11-22-23/h1-6,9,11-12H,7-8,10H2. The lowest BCUT2D eigenvalue weighted by Gasteiger charge is -2.28. The topological polar surface area (TPSA) is 39.9 Å². The first-order chi connectivity index (χ1) is 12.6. The second-order valence-electron chi connectivity index (χ2n) is 5.74. The van der Waals surface area contributed by atoms with Crippen LogP contribution in [0.15, 0.2) is 55.1 Å². The van der Waals surface area contributed by atoms with E-state index in [0.29, 0.717) is 23.1 Å². The lowest BCUT2D eigenvalue weighted by Crippen LogP contribution is -2.23. The highest BCUT2D eigenvalue weighted by atomic mass is 35.5. The molecule has 1 aromatic heterocycles. The molecule has 1 saturated heterocycles. The predicted octanol–water partition coefficient (Wildman–Crippen LogP) is 5.20. The van der Waals surface area contributed by atoms with Gasteiger partial charge >= 0.3 is 0 Å². The molecule has 0 atom stereocenters. The van der Waals surface area contributed by atoms with Gasteiger partial charge in [-0.15, -0.1) is 23.5 Å². The van der Waals surface area contributed by atoms with Gasteiger partial charge in [-0.1, -0.05) is 17.7 Å². The van der Waals surface area contributed by atoms with Crippen molar-refractivity contribution in [2.45, 2.75) is 10.6 Å². The van der Waals surface area contributed by atoms with Crippen LogP contribution >= 0.6 is 35.1 Å². The number of halogens is 2. The lowest BCUT2D eigenvalue weighted by atomic mass is 10.1. The molecule has 134 valence electrons. The van der Waals surface area contributed by atoms with Gasteiger partial charge in [-0.05, 0) is 42.0 Å².